The topological polar surface area (TPSA) is 63.4 Å². The van der Waals surface area contributed by atoms with Crippen LogP contribution in [0.2, 0.25) is 0 Å². The van der Waals surface area contributed by atoms with Crippen LogP contribution in [0.3, 0.4) is 0 Å². The molecule has 1 saturated heterocycles. The number of aliphatic hydroxyl groups is 1. The minimum absolute atomic E-state index is 0.306. The first-order valence-corrected chi connectivity index (χ1v) is 9.00. The van der Waals surface area contributed by atoms with Crippen molar-refractivity contribution in [1.29, 1.82) is 0 Å². The molecule has 1 aliphatic rings. The van der Waals surface area contributed by atoms with Crippen LogP contribution in [-0.2, 0) is 11.3 Å². The van der Waals surface area contributed by atoms with Gasteiger partial charge in [-0.15, -0.1) is 10.2 Å². The van der Waals surface area contributed by atoms with Crippen LogP contribution in [0, 0.1) is 5.82 Å². The Balaban J connectivity index is 1.66. The first-order chi connectivity index (χ1) is 11.7. The van der Waals surface area contributed by atoms with Crippen LogP contribution in [-0.4, -0.2) is 51.9 Å². The molecule has 2 aromatic rings. The first-order valence-electron chi connectivity index (χ1n) is 8.01. The summed E-state index contributed by atoms with van der Waals surface area (Å²) in [6, 6.07) is 5.91. The number of thioether (sulfide) groups is 1. The zero-order valence-electron chi connectivity index (χ0n) is 13.6. The summed E-state index contributed by atoms with van der Waals surface area (Å²) in [5.41, 5.74) is 0.694. The lowest BCUT2D eigenvalue weighted by molar-refractivity contribution is 0.121. The molecule has 1 aliphatic heterocycles. The number of halogens is 1. The number of nitrogens with zero attached hydrogens (tertiary/aromatic N) is 4. The summed E-state index contributed by atoms with van der Waals surface area (Å²) in [6.07, 6.45) is -0.676. The van der Waals surface area contributed by atoms with Gasteiger partial charge in [0.15, 0.2) is 5.16 Å². The molecule has 2 heterocycles. The number of rotatable bonds is 6. The second kappa shape index (κ2) is 7.96. The monoisotopic (exact) mass is 352 g/mol. The van der Waals surface area contributed by atoms with Gasteiger partial charge in [0.05, 0.1) is 19.3 Å². The van der Waals surface area contributed by atoms with Crippen LogP contribution in [0.25, 0.3) is 0 Å². The number of hydrogen-bond acceptors (Lipinski definition) is 6. The van der Waals surface area contributed by atoms with Gasteiger partial charge in [0.1, 0.15) is 5.82 Å². The van der Waals surface area contributed by atoms with Gasteiger partial charge in [-0.05, 0) is 24.6 Å². The quantitative estimate of drug-likeness (QED) is 0.804. The molecule has 3 rings (SSSR count). The van der Waals surface area contributed by atoms with Gasteiger partial charge in [-0.2, -0.15) is 0 Å². The minimum atomic E-state index is -0.676. The molecule has 6 nitrogen and oxygen atoms in total. The summed E-state index contributed by atoms with van der Waals surface area (Å²) >= 11 is 1.45. The van der Waals surface area contributed by atoms with E-state index in [9.17, 15) is 9.50 Å². The third kappa shape index (κ3) is 3.88. The molecule has 1 unspecified atom stereocenters. The fourth-order valence-electron chi connectivity index (χ4n) is 2.60. The summed E-state index contributed by atoms with van der Waals surface area (Å²) in [7, 11) is 0. The molecule has 130 valence electrons. The van der Waals surface area contributed by atoms with Crippen LogP contribution >= 0.6 is 11.8 Å². The van der Waals surface area contributed by atoms with E-state index in [2.05, 4.69) is 15.1 Å². The highest BCUT2D eigenvalue weighted by atomic mass is 32.2. The van der Waals surface area contributed by atoms with E-state index in [0.717, 1.165) is 30.7 Å². The smallest absolute Gasteiger partial charge is 0.228 e. The van der Waals surface area contributed by atoms with E-state index in [1.807, 2.05) is 11.5 Å². The normalized spacial score (nSPS) is 16.4. The third-order valence-corrected chi connectivity index (χ3v) is 4.98. The standard InChI is InChI=1S/C16H21FN4O2S/c1-2-21-15(20-7-9-23-10-8-20)18-19-16(21)24-11-14(22)12-3-5-13(17)6-4-12/h3-6,14,22H,2,7-11H2,1H3. The molecular formula is C16H21FN4O2S. The van der Waals surface area contributed by atoms with Crippen molar-refractivity contribution in [2.24, 2.45) is 0 Å². The van der Waals surface area contributed by atoms with Crippen molar-refractivity contribution >= 4 is 17.7 Å². The lowest BCUT2D eigenvalue weighted by Gasteiger charge is -2.27. The number of anilines is 1. The van der Waals surface area contributed by atoms with E-state index in [-0.39, 0.29) is 5.82 Å². The highest BCUT2D eigenvalue weighted by Gasteiger charge is 2.20. The predicted octanol–water partition coefficient (Wildman–Crippen LogP) is 2.10. The molecule has 0 spiro atoms. The Morgan fingerprint density at radius 1 is 1.25 bits per heavy atom. The van der Waals surface area contributed by atoms with E-state index in [1.165, 1.54) is 23.9 Å². The average molecular weight is 352 g/mol. The zero-order chi connectivity index (χ0) is 16.9. The Kier molecular flexibility index (Phi) is 5.70. The number of ether oxygens (including phenoxy) is 1. The SMILES string of the molecule is CCn1c(SCC(O)c2ccc(F)cc2)nnc1N1CCOCC1. The van der Waals surface area contributed by atoms with Crippen LogP contribution in [0.1, 0.15) is 18.6 Å². The van der Waals surface area contributed by atoms with Crippen molar-refractivity contribution in [3.63, 3.8) is 0 Å². The number of aliphatic hydroxyl groups excluding tert-OH is 1. The Morgan fingerprint density at radius 3 is 2.62 bits per heavy atom. The summed E-state index contributed by atoms with van der Waals surface area (Å²) in [6.45, 7) is 5.81. The van der Waals surface area contributed by atoms with E-state index < -0.39 is 6.10 Å². The van der Waals surface area contributed by atoms with Crippen molar-refractivity contribution in [2.75, 3.05) is 37.0 Å². The van der Waals surface area contributed by atoms with Crippen LogP contribution in [0.5, 0.6) is 0 Å². The van der Waals surface area contributed by atoms with Crippen molar-refractivity contribution in [3.8, 4) is 0 Å². The molecule has 24 heavy (non-hydrogen) atoms. The third-order valence-electron chi connectivity index (χ3n) is 3.93. The summed E-state index contributed by atoms with van der Waals surface area (Å²) in [4.78, 5) is 2.17. The lowest BCUT2D eigenvalue weighted by atomic mass is 10.1. The van der Waals surface area contributed by atoms with Crippen molar-refractivity contribution in [3.05, 3.63) is 35.6 Å². The van der Waals surface area contributed by atoms with Gasteiger partial charge < -0.3 is 14.7 Å². The molecule has 0 saturated carbocycles. The first kappa shape index (κ1) is 17.2. The molecular weight excluding hydrogens is 331 g/mol. The highest BCUT2D eigenvalue weighted by Crippen LogP contribution is 2.26. The summed E-state index contributed by atoms with van der Waals surface area (Å²) in [5.74, 6) is 0.978. The van der Waals surface area contributed by atoms with Crippen LogP contribution in [0.15, 0.2) is 29.4 Å². The number of aromatic nitrogens is 3. The van der Waals surface area contributed by atoms with Crippen molar-refractivity contribution in [2.45, 2.75) is 24.7 Å². The molecule has 0 aliphatic carbocycles. The van der Waals surface area contributed by atoms with E-state index in [0.29, 0.717) is 24.5 Å². The van der Waals surface area contributed by atoms with Gasteiger partial charge in [-0.1, -0.05) is 23.9 Å². The Bertz CT molecular complexity index is 659. The maximum atomic E-state index is 13.0. The zero-order valence-corrected chi connectivity index (χ0v) is 14.4. The minimum Gasteiger partial charge on any atom is -0.388 e. The maximum absolute atomic E-state index is 13.0. The fourth-order valence-corrected chi connectivity index (χ4v) is 3.56. The van der Waals surface area contributed by atoms with E-state index in [1.54, 1.807) is 12.1 Å². The molecule has 0 radical (unpaired) electrons. The molecule has 0 bridgehead atoms. The van der Waals surface area contributed by atoms with Crippen LogP contribution in [0.4, 0.5) is 10.3 Å². The van der Waals surface area contributed by atoms with E-state index in [4.69, 9.17) is 4.74 Å². The van der Waals surface area contributed by atoms with Gasteiger partial charge >= 0.3 is 0 Å². The summed E-state index contributed by atoms with van der Waals surface area (Å²) < 4.78 is 20.4. The van der Waals surface area contributed by atoms with Gasteiger partial charge in [-0.25, -0.2) is 4.39 Å². The number of benzene rings is 1. The second-order valence-electron chi connectivity index (χ2n) is 5.50. The van der Waals surface area contributed by atoms with Crippen molar-refractivity contribution in [1.82, 2.24) is 14.8 Å². The molecule has 0 amide bonds. The van der Waals surface area contributed by atoms with Crippen LogP contribution < -0.4 is 4.90 Å². The average Bonchev–Trinajstić information content (AvgIpc) is 3.04. The second-order valence-corrected chi connectivity index (χ2v) is 6.49. The molecule has 1 fully saturated rings. The van der Waals surface area contributed by atoms with Crippen molar-refractivity contribution < 1.29 is 14.2 Å². The fraction of sp³-hybridized carbons (Fsp3) is 0.500. The number of morpholine rings is 1. The Hall–Kier alpha value is -1.64. The Morgan fingerprint density at radius 2 is 1.96 bits per heavy atom. The largest absolute Gasteiger partial charge is 0.388 e. The molecule has 8 heteroatoms. The molecule has 1 atom stereocenters. The van der Waals surface area contributed by atoms with E-state index >= 15 is 0 Å². The summed E-state index contributed by atoms with van der Waals surface area (Å²) in [5, 5.41) is 19.6. The van der Waals surface area contributed by atoms with Gasteiger partial charge in [0.2, 0.25) is 5.95 Å². The maximum Gasteiger partial charge on any atom is 0.228 e. The predicted molar refractivity (Wildman–Crippen MR) is 90.8 cm³/mol. The highest BCUT2D eigenvalue weighted by molar-refractivity contribution is 7.99. The lowest BCUT2D eigenvalue weighted by Crippen LogP contribution is -2.38. The molecule has 1 aromatic heterocycles. The van der Waals surface area contributed by atoms with Gasteiger partial charge in [-0.3, -0.25) is 4.57 Å². The molecule has 1 N–H and O–H groups in total. The Labute approximate surface area is 144 Å². The number of hydrogen-bond donors (Lipinski definition) is 1. The molecule has 1 aromatic carbocycles. The van der Waals surface area contributed by atoms with Gasteiger partial charge in [0, 0.05) is 25.4 Å². The van der Waals surface area contributed by atoms with Gasteiger partial charge in [0.25, 0.3) is 0 Å².